The fraction of sp³-hybridized carbons (Fsp3) is 0.533. The van der Waals surface area contributed by atoms with E-state index in [1.165, 1.54) is 12.1 Å². The van der Waals surface area contributed by atoms with Gasteiger partial charge in [0.25, 0.3) is 11.6 Å². The van der Waals surface area contributed by atoms with Crippen LogP contribution in [0, 0.1) is 16.0 Å². The molecule has 2 N–H and O–H groups in total. The van der Waals surface area contributed by atoms with Crippen LogP contribution in [0.5, 0.6) is 0 Å². The van der Waals surface area contributed by atoms with Gasteiger partial charge in [-0.15, -0.1) is 0 Å². The molecule has 0 aromatic heterocycles. The molecule has 0 heterocycles. The molecular weight excluding hydrogens is 270 g/mol. The van der Waals surface area contributed by atoms with E-state index in [0.29, 0.717) is 23.7 Å². The van der Waals surface area contributed by atoms with Crippen molar-refractivity contribution in [3.8, 4) is 0 Å². The summed E-state index contributed by atoms with van der Waals surface area (Å²) in [4.78, 5) is 22.7. The van der Waals surface area contributed by atoms with Gasteiger partial charge in [0.2, 0.25) is 0 Å². The number of non-ortho nitro benzene ring substituents is 1. The first kappa shape index (κ1) is 15.3. The minimum atomic E-state index is -0.483. The van der Waals surface area contributed by atoms with E-state index in [4.69, 9.17) is 0 Å². The number of nitrogens with one attached hydrogen (secondary N) is 2. The summed E-state index contributed by atoms with van der Waals surface area (Å²) in [6, 6.07) is 4.55. The lowest BCUT2D eigenvalue weighted by atomic mass is 10.1. The maximum Gasteiger partial charge on any atom is 0.270 e. The summed E-state index contributed by atoms with van der Waals surface area (Å²) >= 11 is 0. The third-order valence-corrected chi connectivity index (χ3v) is 3.72. The van der Waals surface area contributed by atoms with Crippen LogP contribution in [0.4, 0.5) is 11.4 Å². The van der Waals surface area contributed by atoms with E-state index in [-0.39, 0.29) is 17.6 Å². The molecule has 1 amide bonds. The van der Waals surface area contributed by atoms with Gasteiger partial charge < -0.3 is 10.6 Å². The van der Waals surface area contributed by atoms with Gasteiger partial charge >= 0.3 is 0 Å². The molecule has 0 radical (unpaired) electrons. The average molecular weight is 291 g/mol. The molecule has 0 bridgehead atoms. The van der Waals surface area contributed by atoms with E-state index in [9.17, 15) is 14.9 Å². The lowest BCUT2D eigenvalue weighted by Gasteiger charge is -2.11. The zero-order valence-corrected chi connectivity index (χ0v) is 12.4. The quantitative estimate of drug-likeness (QED) is 0.597. The van der Waals surface area contributed by atoms with Crippen LogP contribution in [0.3, 0.4) is 0 Å². The Morgan fingerprint density at radius 3 is 2.81 bits per heavy atom. The Morgan fingerprint density at radius 1 is 1.43 bits per heavy atom. The molecule has 1 fully saturated rings. The van der Waals surface area contributed by atoms with Crippen molar-refractivity contribution in [3.63, 3.8) is 0 Å². The normalized spacial score (nSPS) is 19.9. The minimum Gasteiger partial charge on any atom is -0.385 e. The highest BCUT2D eigenvalue weighted by Gasteiger charge is 2.37. The molecule has 1 aromatic rings. The number of rotatable bonds is 7. The van der Waals surface area contributed by atoms with Crippen molar-refractivity contribution in [2.24, 2.45) is 5.92 Å². The van der Waals surface area contributed by atoms with Gasteiger partial charge in [-0.05, 0) is 31.7 Å². The maximum absolute atomic E-state index is 12.3. The molecule has 6 heteroatoms. The fourth-order valence-corrected chi connectivity index (χ4v) is 2.54. The molecule has 1 aliphatic rings. The van der Waals surface area contributed by atoms with Crippen LogP contribution in [-0.4, -0.2) is 23.4 Å². The molecule has 2 rings (SSSR count). The Balaban J connectivity index is 2.14. The molecule has 0 spiro atoms. The highest BCUT2D eigenvalue weighted by molar-refractivity contribution is 6.00. The van der Waals surface area contributed by atoms with Gasteiger partial charge in [-0.2, -0.15) is 0 Å². The van der Waals surface area contributed by atoms with Crippen LogP contribution in [0.2, 0.25) is 0 Å². The van der Waals surface area contributed by atoms with Crippen LogP contribution < -0.4 is 10.6 Å². The zero-order chi connectivity index (χ0) is 15.4. The van der Waals surface area contributed by atoms with Gasteiger partial charge in [0, 0.05) is 30.4 Å². The standard InChI is InChI=1S/C15H21N3O3/c1-3-5-10-8-14(10)17-15(19)12-9-11(18(20)21)6-7-13(12)16-4-2/h6-7,9-10,14,16H,3-5,8H2,1-2H3,(H,17,19). The summed E-state index contributed by atoms with van der Waals surface area (Å²) in [7, 11) is 0. The number of nitrogens with zero attached hydrogens (tertiary/aromatic N) is 1. The van der Waals surface area contributed by atoms with Gasteiger partial charge in [-0.3, -0.25) is 14.9 Å². The SMILES string of the molecule is CCCC1CC1NC(=O)c1cc([N+](=O)[O-])ccc1NCC. The molecule has 21 heavy (non-hydrogen) atoms. The Morgan fingerprint density at radius 2 is 2.19 bits per heavy atom. The number of carbonyl (C=O) groups is 1. The van der Waals surface area contributed by atoms with Crippen LogP contribution in [0.1, 0.15) is 43.5 Å². The smallest absolute Gasteiger partial charge is 0.270 e. The first-order chi connectivity index (χ1) is 10.1. The van der Waals surface area contributed by atoms with E-state index in [2.05, 4.69) is 17.6 Å². The molecule has 0 saturated heterocycles. The van der Waals surface area contributed by atoms with Crippen molar-refractivity contribution >= 4 is 17.3 Å². The number of benzene rings is 1. The Bertz CT molecular complexity index is 545. The summed E-state index contributed by atoms with van der Waals surface area (Å²) < 4.78 is 0. The molecule has 1 saturated carbocycles. The summed E-state index contributed by atoms with van der Waals surface area (Å²) in [5.41, 5.74) is 0.907. The van der Waals surface area contributed by atoms with Crippen LogP contribution in [0.15, 0.2) is 18.2 Å². The first-order valence-electron chi connectivity index (χ1n) is 7.40. The van der Waals surface area contributed by atoms with Gasteiger partial charge in [0.1, 0.15) is 0 Å². The van der Waals surface area contributed by atoms with E-state index < -0.39 is 4.92 Å². The van der Waals surface area contributed by atoms with Crippen molar-refractivity contribution in [2.75, 3.05) is 11.9 Å². The largest absolute Gasteiger partial charge is 0.385 e. The lowest BCUT2D eigenvalue weighted by molar-refractivity contribution is -0.384. The second-order valence-corrected chi connectivity index (χ2v) is 5.38. The van der Waals surface area contributed by atoms with Crippen molar-refractivity contribution in [1.82, 2.24) is 5.32 Å². The number of amides is 1. The molecule has 1 aliphatic carbocycles. The Labute approximate surface area is 124 Å². The highest BCUT2D eigenvalue weighted by Crippen LogP contribution is 2.35. The summed E-state index contributed by atoms with van der Waals surface area (Å²) in [5.74, 6) is 0.318. The van der Waals surface area contributed by atoms with E-state index >= 15 is 0 Å². The van der Waals surface area contributed by atoms with Crippen molar-refractivity contribution < 1.29 is 9.72 Å². The third-order valence-electron chi connectivity index (χ3n) is 3.72. The predicted octanol–water partition coefficient (Wildman–Crippen LogP) is 2.95. The summed E-state index contributed by atoms with van der Waals surface area (Å²) in [6.07, 6.45) is 3.22. The third kappa shape index (κ3) is 3.71. The number of nitro benzene ring substituents is 1. The minimum absolute atomic E-state index is 0.0669. The Kier molecular flexibility index (Phi) is 4.77. The van der Waals surface area contributed by atoms with Gasteiger partial charge in [0.05, 0.1) is 10.5 Å². The number of nitro groups is 1. The van der Waals surface area contributed by atoms with Crippen LogP contribution in [-0.2, 0) is 0 Å². The van der Waals surface area contributed by atoms with Crippen molar-refractivity contribution in [3.05, 3.63) is 33.9 Å². The molecule has 6 nitrogen and oxygen atoms in total. The molecule has 2 atom stereocenters. The second-order valence-electron chi connectivity index (χ2n) is 5.38. The van der Waals surface area contributed by atoms with E-state index in [1.54, 1.807) is 6.07 Å². The molecular formula is C15H21N3O3. The van der Waals surface area contributed by atoms with E-state index in [0.717, 1.165) is 19.3 Å². The van der Waals surface area contributed by atoms with Crippen molar-refractivity contribution in [1.29, 1.82) is 0 Å². The number of anilines is 1. The predicted molar refractivity (Wildman–Crippen MR) is 81.5 cm³/mol. The first-order valence-corrected chi connectivity index (χ1v) is 7.40. The fourth-order valence-electron chi connectivity index (χ4n) is 2.54. The molecule has 2 unspecified atom stereocenters. The second kappa shape index (κ2) is 6.56. The van der Waals surface area contributed by atoms with Gasteiger partial charge in [-0.25, -0.2) is 0 Å². The lowest BCUT2D eigenvalue weighted by Crippen LogP contribution is -2.27. The topological polar surface area (TPSA) is 84.3 Å². The summed E-state index contributed by atoms with van der Waals surface area (Å²) in [6.45, 7) is 4.70. The highest BCUT2D eigenvalue weighted by atomic mass is 16.6. The van der Waals surface area contributed by atoms with Gasteiger partial charge in [0.15, 0.2) is 0 Å². The van der Waals surface area contributed by atoms with Crippen LogP contribution in [0.25, 0.3) is 0 Å². The van der Waals surface area contributed by atoms with Crippen molar-refractivity contribution in [2.45, 2.75) is 39.2 Å². The molecule has 114 valence electrons. The van der Waals surface area contributed by atoms with Gasteiger partial charge in [-0.1, -0.05) is 13.3 Å². The zero-order valence-electron chi connectivity index (χ0n) is 12.4. The van der Waals surface area contributed by atoms with Crippen LogP contribution >= 0.6 is 0 Å². The maximum atomic E-state index is 12.3. The molecule has 0 aliphatic heterocycles. The van der Waals surface area contributed by atoms with E-state index in [1.807, 2.05) is 6.92 Å². The number of carbonyl (C=O) groups excluding carboxylic acids is 1. The summed E-state index contributed by atoms with van der Waals surface area (Å²) in [5, 5.41) is 16.9. The monoisotopic (exact) mass is 291 g/mol. The molecule has 1 aromatic carbocycles. The number of hydrogen-bond donors (Lipinski definition) is 2. The Hall–Kier alpha value is -2.11. The number of hydrogen-bond acceptors (Lipinski definition) is 4. The average Bonchev–Trinajstić information content (AvgIpc) is 3.17.